The van der Waals surface area contributed by atoms with Crippen molar-refractivity contribution >= 4 is 37.5 Å². The van der Waals surface area contributed by atoms with Crippen LogP contribution in [0, 0.1) is 0 Å². The number of benzene rings is 2. The van der Waals surface area contributed by atoms with Gasteiger partial charge in [-0.3, -0.25) is 0 Å². The summed E-state index contributed by atoms with van der Waals surface area (Å²) in [5, 5.41) is 12.3. The summed E-state index contributed by atoms with van der Waals surface area (Å²) in [4.78, 5) is 0.315. The van der Waals surface area contributed by atoms with Gasteiger partial charge in [0.1, 0.15) is 0 Å². The van der Waals surface area contributed by atoms with E-state index in [9.17, 15) is 8.42 Å². The minimum absolute atomic E-state index is 0.0123. The third-order valence-electron chi connectivity index (χ3n) is 4.00. The monoisotopic (exact) mass is 466 g/mol. The van der Waals surface area contributed by atoms with Crippen LogP contribution in [-0.2, 0) is 9.84 Å². The molecule has 0 radical (unpaired) electrons. The van der Waals surface area contributed by atoms with E-state index in [0.29, 0.717) is 21.7 Å². The third-order valence-corrected chi connectivity index (χ3v) is 7.44. The maximum absolute atomic E-state index is 12.4. The molecule has 0 spiro atoms. The number of hydrogen-bond acceptors (Lipinski definition) is 6. The largest absolute Gasteiger partial charge is 0.224 e. The van der Waals surface area contributed by atoms with Crippen LogP contribution in [0.25, 0.3) is 5.69 Å². The predicted octanol–water partition coefficient (Wildman–Crippen LogP) is 4.11. The van der Waals surface area contributed by atoms with Crippen molar-refractivity contribution in [2.75, 3.05) is 11.5 Å². The lowest BCUT2D eigenvalue weighted by Crippen LogP contribution is -2.09. The van der Waals surface area contributed by atoms with E-state index in [1.54, 1.807) is 28.9 Å². The average Bonchev–Trinajstić information content (AvgIpc) is 3.10. The lowest BCUT2D eigenvalue weighted by atomic mass is 10.0. The highest BCUT2D eigenvalue weighted by molar-refractivity contribution is 9.10. The van der Waals surface area contributed by atoms with Crippen LogP contribution in [0.4, 0.5) is 0 Å². The maximum Gasteiger partial charge on any atom is 0.214 e. The second-order valence-electron chi connectivity index (χ2n) is 6.24. The van der Waals surface area contributed by atoms with Crippen molar-refractivity contribution in [3.05, 3.63) is 58.6 Å². The van der Waals surface area contributed by atoms with Gasteiger partial charge in [-0.1, -0.05) is 53.7 Å². The number of hydrogen-bond donors (Lipinski definition) is 0. The Balaban J connectivity index is 1.67. The minimum atomic E-state index is -3.34. The van der Waals surface area contributed by atoms with Crippen LogP contribution in [0.3, 0.4) is 0 Å². The molecule has 0 atom stereocenters. The standard InChI is InChI=1S/C18H19BrN4O2S2/c1-13(2)14-3-7-16(8-4-14)23-18(20-21-22-23)26-11-12-27(24,25)17-9-5-15(19)6-10-17/h3-10,13H,11-12H2,1-2H3. The summed E-state index contributed by atoms with van der Waals surface area (Å²) in [6.45, 7) is 4.28. The zero-order valence-corrected chi connectivity index (χ0v) is 18.1. The highest BCUT2D eigenvalue weighted by atomic mass is 79.9. The molecule has 3 aromatic rings. The van der Waals surface area contributed by atoms with Crippen LogP contribution in [-0.4, -0.2) is 40.1 Å². The Hall–Kier alpha value is -1.71. The summed E-state index contributed by atoms with van der Waals surface area (Å²) in [6, 6.07) is 14.7. The van der Waals surface area contributed by atoms with Gasteiger partial charge < -0.3 is 0 Å². The zero-order valence-electron chi connectivity index (χ0n) is 14.9. The molecule has 2 aromatic carbocycles. The molecule has 0 fully saturated rings. The Bertz CT molecular complexity index is 1000. The summed E-state index contributed by atoms with van der Waals surface area (Å²) < 4.78 is 27.4. The summed E-state index contributed by atoms with van der Waals surface area (Å²) in [5.41, 5.74) is 2.09. The third kappa shape index (κ3) is 4.97. The topological polar surface area (TPSA) is 77.7 Å². The number of tetrazole rings is 1. The van der Waals surface area contributed by atoms with Crippen molar-refractivity contribution in [2.45, 2.75) is 29.8 Å². The fourth-order valence-electron chi connectivity index (χ4n) is 2.43. The molecule has 3 rings (SSSR count). The second kappa shape index (κ2) is 8.53. The fourth-order valence-corrected chi connectivity index (χ4v) is 5.24. The van der Waals surface area contributed by atoms with Gasteiger partial charge in [-0.2, -0.15) is 4.68 Å². The Morgan fingerprint density at radius 2 is 1.74 bits per heavy atom. The Morgan fingerprint density at radius 1 is 1.07 bits per heavy atom. The van der Waals surface area contributed by atoms with Crippen molar-refractivity contribution in [1.29, 1.82) is 0 Å². The van der Waals surface area contributed by atoms with Crippen molar-refractivity contribution < 1.29 is 8.42 Å². The van der Waals surface area contributed by atoms with Crippen molar-refractivity contribution in [1.82, 2.24) is 20.2 Å². The first-order valence-corrected chi connectivity index (χ1v) is 11.8. The van der Waals surface area contributed by atoms with Crippen LogP contribution in [0.2, 0.25) is 0 Å². The second-order valence-corrected chi connectivity index (χ2v) is 10.3. The summed E-state index contributed by atoms with van der Waals surface area (Å²) in [5.74, 6) is 0.826. The molecule has 0 aliphatic heterocycles. The molecule has 9 heteroatoms. The number of aromatic nitrogens is 4. The maximum atomic E-state index is 12.4. The molecule has 0 N–H and O–H groups in total. The van der Waals surface area contributed by atoms with Crippen LogP contribution < -0.4 is 0 Å². The molecule has 0 amide bonds. The SMILES string of the molecule is CC(C)c1ccc(-n2nnnc2SCCS(=O)(=O)c2ccc(Br)cc2)cc1. The molecular formula is C18H19BrN4O2S2. The lowest BCUT2D eigenvalue weighted by Gasteiger charge is -2.08. The number of halogens is 1. The van der Waals surface area contributed by atoms with Gasteiger partial charge in [-0.25, -0.2) is 8.42 Å². The number of rotatable bonds is 7. The van der Waals surface area contributed by atoms with E-state index in [-0.39, 0.29) is 5.75 Å². The van der Waals surface area contributed by atoms with Gasteiger partial charge in [0.05, 0.1) is 16.3 Å². The van der Waals surface area contributed by atoms with Gasteiger partial charge in [-0.15, -0.1) is 5.10 Å². The first kappa shape index (κ1) is 20.0. The van der Waals surface area contributed by atoms with E-state index in [1.807, 2.05) is 24.3 Å². The van der Waals surface area contributed by atoms with Crippen LogP contribution in [0.15, 0.2) is 63.1 Å². The first-order chi connectivity index (χ1) is 12.9. The number of nitrogens with zero attached hydrogens (tertiary/aromatic N) is 4. The quantitative estimate of drug-likeness (QED) is 0.487. The molecule has 0 aliphatic carbocycles. The average molecular weight is 467 g/mol. The normalized spacial score (nSPS) is 11.9. The molecule has 0 bridgehead atoms. The van der Waals surface area contributed by atoms with Gasteiger partial charge in [-0.05, 0) is 58.3 Å². The van der Waals surface area contributed by atoms with Gasteiger partial charge in [0.25, 0.3) is 0 Å². The Kier molecular flexibility index (Phi) is 6.33. The zero-order chi connectivity index (χ0) is 19.4. The predicted molar refractivity (Wildman–Crippen MR) is 110 cm³/mol. The summed E-state index contributed by atoms with van der Waals surface area (Å²) in [6.07, 6.45) is 0. The van der Waals surface area contributed by atoms with Crippen LogP contribution in [0.1, 0.15) is 25.3 Å². The van der Waals surface area contributed by atoms with Gasteiger partial charge >= 0.3 is 0 Å². The van der Waals surface area contributed by atoms with E-state index in [4.69, 9.17) is 0 Å². The van der Waals surface area contributed by atoms with E-state index in [1.165, 1.54) is 17.3 Å². The Morgan fingerprint density at radius 3 is 2.37 bits per heavy atom. The van der Waals surface area contributed by atoms with Crippen LogP contribution >= 0.6 is 27.7 Å². The smallest absolute Gasteiger partial charge is 0.214 e. The Labute approximate surface area is 171 Å². The van der Waals surface area contributed by atoms with Crippen molar-refractivity contribution in [3.63, 3.8) is 0 Å². The minimum Gasteiger partial charge on any atom is -0.224 e. The molecule has 1 aromatic heterocycles. The molecule has 0 unspecified atom stereocenters. The van der Waals surface area contributed by atoms with Gasteiger partial charge in [0.15, 0.2) is 9.84 Å². The number of sulfone groups is 1. The first-order valence-electron chi connectivity index (χ1n) is 8.36. The highest BCUT2D eigenvalue weighted by Crippen LogP contribution is 2.22. The molecule has 1 heterocycles. The molecule has 0 aliphatic rings. The van der Waals surface area contributed by atoms with Gasteiger partial charge in [0, 0.05) is 10.2 Å². The van der Waals surface area contributed by atoms with E-state index in [0.717, 1.165) is 10.2 Å². The summed E-state index contributed by atoms with van der Waals surface area (Å²) in [7, 11) is -3.34. The van der Waals surface area contributed by atoms with Crippen molar-refractivity contribution in [3.8, 4) is 5.69 Å². The molecule has 6 nitrogen and oxygen atoms in total. The van der Waals surface area contributed by atoms with E-state index >= 15 is 0 Å². The molecule has 27 heavy (non-hydrogen) atoms. The fraction of sp³-hybridized carbons (Fsp3) is 0.278. The molecule has 0 saturated heterocycles. The van der Waals surface area contributed by atoms with E-state index in [2.05, 4.69) is 45.3 Å². The van der Waals surface area contributed by atoms with E-state index < -0.39 is 9.84 Å². The van der Waals surface area contributed by atoms with Crippen LogP contribution in [0.5, 0.6) is 0 Å². The molecule has 0 saturated carbocycles. The lowest BCUT2D eigenvalue weighted by molar-refractivity contribution is 0.597. The van der Waals surface area contributed by atoms with Gasteiger partial charge in [0.2, 0.25) is 5.16 Å². The van der Waals surface area contributed by atoms with Crippen molar-refractivity contribution in [2.24, 2.45) is 0 Å². The number of thioether (sulfide) groups is 1. The summed E-state index contributed by atoms with van der Waals surface area (Å²) >= 11 is 4.63. The highest BCUT2D eigenvalue weighted by Gasteiger charge is 2.16. The molecule has 142 valence electrons. The molecular weight excluding hydrogens is 448 g/mol.